The lowest BCUT2D eigenvalue weighted by Gasteiger charge is -2.11. The van der Waals surface area contributed by atoms with Gasteiger partial charge in [-0.1, -0.05) is 60.1 Å². The highest BCUT2D eigenvalue weighted by molar-refractivity contribution is 6.33. The molecule has 0 aliphatic rings. The number of benzene rings is 4. The molecule has 0 atom stereocenters. The van der Waals surface area contributed by atoms with E-state index >= 15 is 0 Å². The molecule has 0 radical (unpaired) electrons. The van der Waals surface area contributed by atoms with Crippen LogP contribution in [-0.4, -0.2) is 11.8 Å². The average Bonchev–Trinajstić information content (AvgIpc) is 2.85. The molecule has 2 N–H and O–H groups in total. The molecule has 4 aromatic rings. The van der Waals surface area contributed by atoms with Gasteiger partial charge < -0.3 is 4.74 Å². The minimum atomic E-state index is -0.0875. The van der Waals surface area contributed by atoms with Gasteiger partial charge in [-0.05, 0) is 65.2 Å². The van der Waals surface area contributed by atoms with E-state index in [0.29, 0.717) is 21.7 Å². The fourth-order valence-electron chi connectivity index (χ4n) is 3.31. The maximum Gasteiger partial charge on any atom is 0.221 e. The van der Waals surface area contributed by atoms with Gasteiger partial charge in [0.2, 0.25) is 11.8 Å². The first-order valence-corrected chi connectivity index (χ1v) is 10.2. The Morgan fingerprint density at radius 2 is 1.34 bits per heavy atom. The Morgan fingerprint density at radius 1 is 0.688 bits per heavy atom. The lowest BCUT2D eigenvalue weighted by molar-refractivity contribution is 0.538. The Morgan fingerprint density at radius 3 is 2.03 bits per heavy atom. The van der Waals surface area contributed by atoms with Crippen molar-refractivity contribution in [2.45, 2.75) is 0 Å². The zero-order valence-corrected chi connectivity index (χ0v) is 17.7. The molecule has 4 aromatic carbocycles. The van der Waals surface area contributed by atoms with Crippen molar-refractivity contribution in [1.82, 2.24) is 0 Å². The third-order valence-corrected chi connectivity index (χ3v) is 5.32. The van der Waals surface area contributed by atoms with Crippen molar-refractivity contribution in [2.75, 3.05) is 0 Å². The number of nitrogens with one attached hydrogen (secondary N) is 2. The fourth-order valence-corrected chi connectivity index (χ4v) is 3.53. The summed E-state index contributed by atoms with van der Waals surface area (Å²) in [5, 5.41) is 26.0. The summed E-state index contributed by atoms with van der Waals surface area (Å²) in [5.74, 6) is -0.155. The topological polar surface area (TPSA) is 80.7 Å². The van der Waals surface area contributed by atoms with Gasteiger partial charge in [0.25, 0.3) is 0 Å². The van der Waals surface area contributed by atoms with Gasteiger partial charge in [0, 0.05) is 21.7 Å². The van der Waals surface area contributed by atoms with Crippen molar-refractivity contribution < 1.29 is 4.74 Å². The first-order chi connectivity index (χ1) is 15.5. The summed E-state index contributed by atoms with van der Waals surface area (Å²) < 4.78 is 5.41. The molecule has 0 aliphatic heterocycles. The molecule has 32 heavy (non-hydrogen) atoms. The second kappa shape index (κ2) is 9.30. The van der Waals surface area contributed by atoms with Gasteiger partial charge in [0.05, 0.1) is 11.6 Å². The first-order valence-electron chi connectivity index (χ1n) is 9.86. The van der Waals surface area contributed by atoms with Gasteiger partial charge in [-0.2, -0.15) is 5.26 Å². The number of hydrogen-bond donors (Lipinski definition) is 2. The van der Waals surface area contributed by atoms with Crippen molar-refractivity contribution in [2.24, 2.45) is 0 Å². The molecule has 4 nitrogen and oxygen atoms in total. The van der Waals surface area contributed by atoms with Crippen LogP contribution >= 0.6 is 11.6 Å². The quantitative estimate of drug-likeness (QED) is 0.269. The van der Waals surface area contributed by atoms with Crippen LogP contribution in [0.25, 0.3) is 22.3 Å². The van der Waals surface area contributed by atoms with E-state index in [1.54, 1.807) is 30.3 Å². The van der Waals surface area contributed by atoms with E-state index in [9.17, 15) is 5.26 Å². The lowest BCUT2D eigenvalue weighted by Crippen LogP contribution is -2.12. The zero-order valence-electron chi connectivity index (χ0n) is 17.0. The van der Waals surface area contributed by atoms with Gasteiger partial charge in [0.1, 0.15) is 0 Å². The molecule has 154 valence electrons. The predicted molar refractivity (Wildman–Crippen MR) is 128 cm³/mol. The molecule has 0 heterocycles. The molecular weight excluding hydrogens is 418 g/mol. The maximum absolute atomic E-state index is 9.18. The standard InChI is InChI=1S/C27H18ClN3O/c28-25-14-13-22(16-24(25)23-8-4-5-18(15-23)17-29)19-9-11-21(12-10-19)27(31)32-26(30)20-6-2-1-3-7-20/h1-16,30-31H. The molecule has 0 unspecified atom stereocenters. The van der Waals surface area contributed by atoms with E-state index in [-0.39, 0.29) is 11.8 Å². The Kier molecular flexibility index (Phi) is 6.12. The molecule has 4 rings (SSSR count). The summed E-state index contributed by atoms with van der Waals surface area (Å²) in [4.78, 5) is 0. The summed E-state index contributed by atoms with van der Waals surface area (Å²) in [6.07, 6.45) is 0. The number of halogens is 1. The number of rotatable bonds is 4. The molecular formula is C27H18ClN3O. The summed E-state index contributed by atoms with van der Waals surface area (Å²) in [5.41, 5.74) is 5.40. The Balaban J connectivity index is 1.56. The van der Waals surface area contributed by atoms with Crippen LogP contribution < -0.4 is 0 Å². The SMILES string of the molecule is N#Cc1cccc(-c2cc(-c3ccc(C(=N)OC(=N)c4ccccc4)cc3)ccc2Cl)c1. The maximum atomic E-state index is 9.18. The smallest absolute Gasteiger partial charge is 0.221 e. The van der Waals surface area contributed by atoms with Gasteiger partial charge in [0.15, 0.2) is 0 Å². The van der Waals surface area contributed by atoms with Crippen LogP contribution in [0.3, 0.4) is 0 Å². The van der Waals surface area contributed by atoms with Crippen molar-refractivity contribution in [3.8, 4) is 28.3 Å². The Hall–Kier alpha value is -4.20. The predicted octanol–water partition coefficient (Wildman–Crippen LogP) is 6.91. The van der Waals surface area contributed by atoms with Crippen LogP contribution in [-0.2, 0) is 4.74 Å². The highest BCUT2D eigenvalue weighted by Crippen LogP contribution is 2.33. The van der Waals surface area contributed by atoms with Crippen LogP contribution in [0.4, 0.5) is 0 Å². The largest absolute Gasteiger partial charge is 0.421 e. The highest BCUT2D eigenvalue weighted by atomic mass is 35.5. The molecule has 0 saturated heterocycles. The van der Waals surface area contributed by atoms with Crippen LogP contribution in [0.1, 0.15) is 16.7 Å². The van der Waals surface area contributed by atoms with Crippen LogP contribution in [0, 0.1) is 22.1 Å². The van der Waals surface area contributed by atoms with E-state index in [1.165, 1.54) is 0 Å². The van der Waals surface area contributed by atoms with Gasteiger partial charge in [-0.3, -0.25) is 10.8 Å². The summed E-state index contributed by atoms with van der Waals surface area (Å²) in [6, 6.07) is 31.7. The molecule has 0 fully saturated rings. The van der Waals surface area contributed by atoms with Gasteiger partial charge in [-0.25, -0.2) is 0 Å². The van der Waals surface area contributed by atoms with Gasteiger partial charge >= 0.3 is 0 Å². The molecule has 0 aliphatic carbocycles. The molecule has 0 bridgehead atoms. The molecule has 0 aromatic heterocycles. The average molecular weight is 436 g/mol. The minimum Gasteiger partial charge on any atom is -0.421 e. The number of ether oxygens (including phenoxy) is 1. The third-order valence-electron chi connectivity index (χ3n) is 4.99. The van der Waals surface area contributed by atoms with Crippen molar-refractivity contribution in [3.63, 3.8) is 0 Å². The van der Waals surface area contributed by atoms with E-state index in [4.69, 9.17) is 27.2 Å². The minimum absolute atomic E-state index is 0.0679. The molecule has 0 saturated carbocycles. The number of nitriles is 1. The van der Waals surface area contributed by atoms with Crippen LogP contribution in [0.2, 0.25) is 5.02 Å². The summed E-state index contributed by atoms with van der Waals surface area (Å²) in [7, 11) is 0. The first kappa shape index (κ1) is 21.0. The van der Waals surface area contributed by atoms with Crippen molar-refractivity contribution in [3.05, 3.63) is 119 Å². The highest BCUT2D eigenvalue weighted by Gasteiger charge is 2.11. The van der Waals surface area contributed by atoms with Crippen molar-refractivity contribution >= 4 is 23.4 Å². The summed E-state index contributed by atoms with van der Waals surface area (Å²) in [6.45, 7) is 0. The number of nitrogens with zero attached hydrogens (tertiary/aromatic N) is 1. The summed E-state index contributed by atoms with van der Waals surface area (Å²) >= 11 is 6.43. The Labute approximate surface area is 191 Å². The van der Waals surface area contributed by atoms with Crippen molar-refractivity contribution in [1.29, 1.82) is 16.1 Å². The van der Waals surface area contributed by atoms with E-state index in [0.717, 1.165) is 22.3 Å². The van der Waals surface area contributed by atoms with Crippen LogP contribution in [0.5, 0.6) is 0 Å². The molecule has 5 heteroatoms. The lowest BCUT2D eigenvalue weighted by atomic mass is 9.97. The normalized spacial score (nSPS) is 10.2. The van der Waals surface area contributed by atoms with Gasteiger partial charge in [-0.15, -0.1) is 0 Å². The van der Waals surface area contributed by atoms with E-state index in [1.807, 2.05) is 66.7 Å². The fraction of sp³-hybridized carbons (Fsp3) is 0. The second-order valence-corrected chi connectivity index (χ2v) is 7.50. The second-order valence-electron chi connectivity index (χ2n) is 7.09. The number of hydrogen-bond acceptors (Lipinski definition) is 4. The van der Waals surface area contributed by atoms with E-state index in [2.05, 4.69) is 6.07 Å². The molecule has 0 spiro atoms. The van der Waals surface area contributed by atoms with Crippen LogP contribution in [0.15, 0.2) is 97.1 Å². The zero-order chi connectivity index (χ0) is 22.5. The monoisotopic (exact) mass is 435 g/mol. The molecule has 0 amide bonds. The van der Waals surface area contributed by atoms with E-state index < -0.39 is 0 Å². The third kappa shape index (κ3) is 4.59. The Bertz CT molecular complexity index is 1340.